The van der Waals surface area contributed by atoms with Crippen LogP contribution >= 0.6 is 23.2 Å². The monoisotopic (exact) mass is 422 g/mol. The number of carbonyl (C=O) groups excluding carboxylic acids is 1. The molecule has 1 amide bonds. The first-order valence-electron chi connectivity index (χ1n) is 8.17. The maximum Gasteiger partial charge on any atom is 0.332 e. The van der Waals surface area contributed by atoms with Crippen LogP contribution in [0, 0.1) is 0 Å². The quantitative estimate of drug-likeness (QED) is 0.695. The van der Waals surface area contributed by atoms with Gasteiger partial charge in [0.2, 0.25) is 0 Å². The molecule has 0 aliphatic rings. The molecule has 0 radical (unpaired) electrons. The number of nitrogens with one attached hydrogen (secondary N) is 1. The molecular formula is C18H16Cl2N4O4. The number of hydrogen-bond acceptors (Lipinski definition) is 5. The van der Waals surface area contributed by atoms with Gasteiger partial charge < -0.3 is 10.1 Å². The van der Waals surface area contributed by atoms with Gasteiger partial charge in [0.25, 0.3) is 11.5 Å². The standard InChI is InChI=1S/C18H16Cl2N4O4/c1-9(28-14-5-4-10(19)6-13(14)20)16(25)22-11-7-12-15(21-8-11)23(2)18(27)24(3)17(12)26/h4-9H,1-3H3,(H,22,25). The van der Waals surface area contributed by atoms with E-state index in [0.29, 0.717) is 16.5 Å². The van der Waals surface area contributed by atoms with Crippen LogP contribution in [-0.2, 0) is 18.9 Å². The van der Waals surface area contributed by atoms with Crippen LogP contribution in [0.25, 0.3) is 11.0 Å². The molecule has 2 heterocycles. The van der Waals surface area contributed by atoms with E-state index in [2.05, 4.69) is 10.3 Å². The summed E-state index contributed by atoms with van der Waals surface area (Å²) in [6.45, 7) is 1.55. The molecule has 0 fully saturated rings. The average Bonchev–Trinajstić information content (AvgIpc) is 2.66. The third-order valence-electron chi connectivity index (χ3n) is 4.13. The molecule has 2 aromatic heterocycles. The normalized spacial score (nSPS) is 12.0. The number of amides is 1. The molecule has 1 N–H and O–H groups in total. The van der Waals surface area contributed by atoms with E-state index in [-0.39, 0.29) is 16.1 Å². The van der Waals surface area contributed by atoms with Crippen molar-refractivity contribution < 1.29 is 9.53 Å². The number of rotatable bonds is 4. The fraction of sp³-hybridized carbons (Fsp3) is 0.222. The van der Waals surface area contributed by atoms with Crippen LogP contribution in [0.15, 0.2) is 40.1 Å². The number of aromatic nitrogens is 3. The summed E-state index contributed by atoms with van der Waals surface area (Å²) < 4.78 is 7.80. The number of pyridine rings is 1. The van der Waals surface area contributed by atoms with Crippen molar-refractivity contribution in [1.82, 2.24) is 14.1 Å². The van der Waals surface area contributed by atoms with Gasteiger partial charge in [-0.1, -0.05) is 23.2 Å². The highest BCUT2D eigenvalue weighted by molar-refractivity contribution is 6.35. The molecule has 0 aliphatic carbocycles. The van der Waals surface area contributed by atoms with Crippen molar-refractivity contribution in [2.24, 2.45) is 14.1 Å². The lowest BCUT2D eigenvalue weighted by molar-refractivity contribution is -0.122. The van der Waals surface area contributed by atoms with Crippen LogP contribution in [0.4, 0.5) is 5.69 Å². The van der Waals surface area contributed by atoms with Gasteiger partial charge in [0.1, 0.15) is 11.4 Å². The molecule has 10 heteroatoms. The van der Waals surface area contributed by atoms with Gasteiger partial charge in [0.15, 0.2) is 6.10 Å². The van der Waals surface area contributed by atoms with Gasteiger partial charge in [-0.2, -0.15) is 0 Å². The van der Waals surface area contributed by atoms with Gasteiger partial charge in [-0.15, -0.1) is 0 Å². The lowest BCUT2D eigenvalue weighted by atomic mass is 10.2. The smallest absolute Gasteiger partial charge is 0.332 e. The Morgan fingerprint density at radius 1 is 1.18 bits per heavy atom. The first kappa shape index (κ1) is 19.9. The van der Waals surface area contributed by atoms with E-state index in [1.807, 2.05) is 0 Å². The maximum absolute atomic E-state index is 12.4. The van der Waals surface area contributed by atoms with Gasteiger partial charge in [-0.25, -0.2) is 9.78 Å². The summed E-state index contributed by atoms with van der Waals surface area (Å²) in [4.78, 5) is 40.8. The van der Waals surface area contributed by atoms with E-state index in [1.165, 1.54) is 37.0 Å². The number of fused-ring (bicyclic) bond motifs is 1. The SMILES string of the molecule is CC(Oc1ccc(Cl)cc1Cl)C(=O)Nc1cnc2c(c1)c(=O)n(C)c(=O)n2C. The second-order valence-corrected chi connectivity index (χ2v) is 6.97. The van der Waals surface area contributed by atoms with Crippen molar-refractivity contribution in [2.75, 3.05) is 5.32 Å². The fourth-order valence-corrected chi connectivity index (χ4v) is 3.05. The van der Waals surface area contributed by atoms with Crippen LogP contribution in [0.5, 0.6) is 5.75 Å². The molecule has 146 valence electrons. The first-order valence-corrected chi connectivity index (χ1v) is 8.93. The van der Waals surface area contributed by atoms with E-state index in [1.54, 1.807) is 19.1 Å². The number of carbonyl (C=O) groups is 1. The number of hydrogen-bond donors (Lipinski definition) is 1. The minimum atomic E-state index is -0.877. The minimum Gasteiger partial charge on any atom is -0.479 e. The molecule has 0 saturated heterocycles. The van der Waals surface area contributed by atoms with Crippen molar-refractivity contribution in [2.45, 2.75) is 13.0 Å². The molecule has 3 rings (SSSR count). The van der Waals surface area contributed by atoms with Gasteiger partial charge in [0.05, 0.1) is 22.3 Å². The van der Waals surface area contributed by atoms with Crippen LogP contribution in [0.3, 0.4) is 0 Å². The number of halogens is 2. The Bertz CT molecular complexity index is 1200. The average molecular weight is 423 g/mol. The lowest BCUT2D eigenvalue weighted by Crippen LogP contribution is -2.37. The molecular weight excluding hydrogens is 407 g/mol. The predicted molar refractivity (Wildman–Crippen MR) is 107 cm³/mol. The molecule has 1 unspecified atom stereocenters. The van der Waals surface area contributed by atoms with Crippen molar-refractivity contribution in [3.05, 3.63) is 61.3 Å². The van der Waals surface area contributed by atoms with Gasteiger partial charge in [0, 0.05) is 19.1 Å². The highest BCUT2D eigenvalue weighted by atomic mass is 35.5. The third kappa shape index (κ3) is 3.74. The Morgan fingerprint density at radius 2 is 1.89 bits per heavy atom. The zero-order chi connectivity index (χ0) is 20.6. The summed E-state index contributed by atoms with van der Waals surface area (Å²) in [5.74, 6) is -0.150. The second kappa shape index (κ2) is 7.65. The van der Waals surface area contributed by atoms with Crippen LogP contribution in [-0.4, -0.2) is 26.1 Å². The zero-order valence-corrected chi connectivity index (χ0v) is 16.7. The number of benzene rings is 1. The van der Waals surface area contributed by atoms with E-state index >= 15 is 0 Å². The fourth-order valence-electron chi connectivity index (χ4n) is 2.59. The molecule has 1 aromatic carbocycles. The largest absolute Gasteiger partial charge is 0.479 e. The Labute approximate surface area is 169 Å². The molecule has 1 atom stereocenters. The van der Waals surface area contributed by atoms with E-state index < -0.39 is 23.3 Å². The topological polar surface area (TPSA) is 95.2 Å². The van der Waals surface area contributed by atoms with Crippen molar-refractivity contribution in [3.8, 4) is 5.75 Å². The molecule has 0 saturated carbocycles. The van der Waals surface area contributed by atoms with E-state index in [4.69, 9.17) is 27.9 Å². The Balaban J connectivity index is 1.84. The number of ether oxygens (including phenoxy) is 1. The molecule has 28 heavy (non-hydrogen) atoms. The van der Waals surface area contributed by atoms with Crippen molar-refractivity contribution in [3.63, 3.8) is 0 Å². The summed E-state index contributed by atoms with van der Waals surface area (Å²) >= 11 is 11.9. The van der Waals surface area contributed by atoms with Gasteiger partial charge in [-0.05, 0) is 31.2 Å². The molecule has 0 aliphatic heterocycles. The maximum atomic E-state index is 12.4. The zero-order valence-electron chi connectivity index (χ0n) is 15.2. The number of nitrogens with zero attached hydrogens (tertiary/aromatic N) is 3. The summed E-state index contributed by atoms with van der Waals surface area (Å²) in [7, 11) is 2.89. The van der Waals surface area contributed by atoms with E-state index in [9.17, 15) is 14.4 Å². The highest BCUT2D eigenvalue weighted by Crippen LogP contribution is 2.28. The minimum absolute atomic E-state index is 0.205. The summed E-state index contributed by atoms with van der Waals surface area (Å²) in [6, 6.07) is 6.14. The van der Waals surface area contributed by atoms with Crippen LogP contribution < -0.4 is 21.3 Å². The molecule has 0 bridgehead atoms. The van der Waals surface area contributed by atoms with E-state index in [0.717, 1.165) is 4.57 Å². The Morgan fingerprint density at radius 3 is 2.57 bits per heavy atom. The molecule has 3 aromatic rings. The lowest BCUT2D eigenvalue weighted by Gasteiger charge is -2.16. The summed E-state index contributed by atoms with van der Waals surface area (Å²) in [5.41, 5.74) is -0.461. The van der Waals surface area contributed by atoms with Crippen LogP contribution in [0.1, 0.15) is 6.92 Å². The number of aryl methyl sites for hydroxylation is 1. The molecule has 0 spiro atoms. The summed E-state index contributed by atoms with van der Waals surface area (Å²) in [5, 5.41) is 3.57. The third-order valence-corrected chi connectivity index (χ3v) is 4.66. The Hall–Kier alpha value is -2.84. The molecule has 8 nitrogen and oxygen atoms in total. The van der Waals surface area contributed by atoms with Crippen molar-refractivity contribution in [1.29, 1.82) is 0 Å². The predicted octanol–water partition coefficient (Wildman–Crippen LogP) is 2.34. The second-order valence-electron chi connectivity index (χ2n) is 6.12. The van der Waals surface area contributed by atoms with Gasteiger partial charge in [-0.3, -0.25) is 18.7 Å². The Kier molecular flexibility index (Phi) is 5.44. The number of anilines is 1. The first-order chi connectivity index (χ1) is 13.2. The van der Waals surface area contributed by atoms with Crippen LogP contribution in [0.2, 0.25) is 10.0 Å². The summed E-state index contributed by atoms with van der Waals surface area (Å²) in [6.07, 6.45) is 0.485. The van der Waals surface area contributed by atoms with Crippen molar-refractivity contribution >= 4 is 45.8 Å². The van der Waals surface area contributed by atoms with Gasteiger partial charge >= 0.3 is 5.69 Å². The highest BCUT2D eigenvalue weighted by Gasteiger charge is 2.18.